The van der Waals surface area contributed by atoms with E-state index in [1.807, 2.05) is 68.4 Å². The zero-order chi connectivity index (χ0) is 43.8. The van der Waals surface area contributed by atoms with Crippen LogP contribution in [0.5, 0.6) is 0 Å². The molecule has 0 aliphatic carbocycles. The quantitative estimate of drug-likeness (QED) is 0.129. The summed E-state index contributed by atoms with van der Waals surface area (Å²) in [4.78, 5) is 20.6. The molecular weight excluding hydrogens is 781 g/mol. The fourth-order valence-electron chi connectivity index (χ4n) is 8.07. The Bertz CT molecular complexity index is 3160. The normalized spacial score (nSPS) is 11.8. The van der Waals surface area contributed by atoms with Gasteiger partial charge in [0.2, 0.25) is 0 Å². The maximum atomic E-state index is 6.83. The van der Waals surface area contributed by atoms with Gasteiger partial charge in [-0.05, 0) is 63.6 Å². The highest BCUT2D eigenvalue weighted by atomic mass is 16.3. The predicted molar refractivity (Wildman–Crippen MR) is 266 cm³/mol. The Morgan fingerprint density at radius 2 is 0.859 bits per heavy atom. The Morgan fingerprint density at radius 1 is 0.438 bits per heavy atom. The van der Waals surface area contributed by atoms with E-state index in [2.05, 4.69) is 172 Å². The monoisotopic (exact) mass is 828 g/mol. The topological polar surface area (TPSA) is 64.2 Å². The molecule has 0 N–H and O–H groups in total. The van der Waals surface area contributed by atoms with E-state index in [-0.39, 0.29) is 5.92 Å². The Balaban J connectivity index is 0.00000256. The largest absolute Gasteiger partial charge is 0.458 e. The molecule has 5 nitrogen and oxygen atoms in total. The summed E-state index contributed by atoms with van der Waals surface area (Å²) in [6, 6.07) is 73.1. The molecule has 8 aromatic carbocycles. The molecule has 1 atom stereocenters. The van der Waals surface area contributed by atoms with Crippen LogP contribution >= 0.6 is 0 Å². The van der Waals surface area contributed by atoms with Gasteiger partial charge >= 0.3 is 0 Å². The third-order valence-electron chi connectivity index (χ3n) is 11.4. The maximum absolute atomic E-state index is 6.83. The smallest absolute Gasteiger partial charge is 0.164 e. The molecule has 0 amide bonds. The van der Waals surface area contributed by atoms with Gasteiger partial charge in [-0.2, -0.15) is 0 Å². The fourth-order valence-corrected chi connectivity index (χ4v) is 8.07. The van der Waals surface area contributed by atoms with Gasteiger partial charge in [0.1, 0.15) is 17.0 Å². The summed E-state index contributed by atoms with van der Waals surface area (Å²) in [6.07, 6.45) is 0. The van der Waals surface area contributed by atoms with Crippen LogP contribution in [0.1, 0.15) is 50.5 Å². The van der Waals surface area contributed by atoms with Gasteiger partial charge in [-0.25, -0.2) is 19.9 Å². The molecule has 0 aliphatic rings. The lowest BCUT2D eigenvalue weighted by atomic mass is 9.94. The van der Waals surface area contributed by atoms with E-state index in [1.54, 1.807) is 0 Å². The van der Waals surface area contributed by atoms with Crippen LogP contribution < -0.4 is 0 Å². The summed E-state index contributed by atoms with van der Waals surface area (Å²) in [5.41, 5.74) is 14.1. The van der Waals surface area contributed by atoms with Gasteiger partial charge in [0, 0.05) is 28.3 Å². The number of aliphatic imine (C=N–C) groups is 1. The number of rotatable bonds is 10. The van der Waals surface area contributed by atoms with Crippen LogP contribution in [0.2, 0.25) is 0 Å². The van der Waals surface area contributed by atoms with Crippen molar-refractivity contribution in [1.29, 1.82) is 0 Å². The molecule has 0 bridgehead atoms. The minimum Gasteiger partial charge on any atom is -0.458 e. The summed E-state index contributed by atoms with van der Waals surface area (Å²) in [5, 5.41) is 0.961. The second-order valence-corrected chi connectivity index (χ2v) is 15.5. The minimum atomic E-state index is -0.0448. The average Bonchev–Trinajstić information content (AvgIpc) is 3.75. The SMILES string of the molecule is CC.CC(=Nc1c(C(C)c2ccccc2)oc2cccc(-c3cccc(-c4nc(-c5ccccc5)nc(-c5ccc(-c6ccccc6)cc5)n4)c3)c12)c1ccc(-c2ccccc2)cc1. The van der Waals surface area contributed by atoms with Crippen molar-refractivity contribution in [3.63, 3.8) is 0 Å². The second kappa shape index (κ2) is 18.9. The van der Waals surface area contributed by atoms with E-state index < -0.39 is 0 Å². The number of fused-ring (bicyclic) bond motifs is 1. The molecule has 310 valence electrons. The first-order valence-corrected chi connectivity index (χ1v) is 22.0. The first-order chi connectivity index (χ1) is 31.6. The van der Waals surface area contributed by atoms with Crippen molar-refractivity contribution >= 4 is 22.4 Å². The van der Waals surface area contributed by atoms with Crippen LogP contribution in [0.4, 0.5) is 5.69 Å². The van der Waals surface area contributed by atoms with Crippen LogP contribution in [0.3, 0.4) is 0 Å². The molecule has 1 unspecified atom stereocenters. The summed E-state index contributed by atoms with van der Waals surface area (Å²) < 4.78 is 6.83. The molecule has 5 heteroatoms. The number of furan rings is 1. The molecule has 2 aromatic heterocycles. The van der Waals surface area contributed by atoms with E-state index in [9.17, 15) is 0 Å². The van der Waals surface area contributed by atoms with Crippen LogP contribution in [0, 0.1) is 0 Å². The van der Waals surface area contributed by atoms with Crippen LogP contribution in [0.25, 0.3) is 78.5 Å². The van der Waals surface area contributed by atoms with E-state index in [0.717, 1.165) is 78.2 Å². The van der Waals surface area contributed by atoms with Gasteiger partial charge in [-0.1, -0.05) is 221 Å². The summed E-state index contributed by atoms with van der Waals surface area (Å²) >= 11 is 0. The van der Waals surface area contributed by atoms with Crippen molar-refractivity contribution in [2.24, 2.45) is 4.99 Å². The lowest BCUT2D eigenvalue weighted by Crippen LogP contribution is -2.00. The number of nitrogens with zero attached hydrogens (tertiary/aromatic N) is 4. The number of benzene rings is 8. The van der Waals surface area contributed by atoms with Gasteiger partial charge in [-0.3, -0.25) is 0 Å². The predicted octanol–water partition coefficient (Wildman–Crippen LogP) is 15.9. The first-order valence-electron chi connectivity index (χ1n) is 22.0. The lowest BCUT2D eigenvalue weighted by Gasteiger charge is -2.12. The van der Waals surface area contributed by atoms with Crippen LogP contribution in [0.15, 0.2) is 222 Å². The molecule has 10 aromatic rings. The van der Waals surface area contributed by atoms with Crippen LogP contribution in [-0.2, 0) is 0 Å². The maximum Gasteiger partial charge on any atom is 0.164 e. The van der Waals surface area contributed by atoms with Gasteiger partial charge < -0.3 is 4.42 Å². The Morgan fingerprint density at radius 3 is 1.44 bits per heavy atom. The van der Waals surface area contributed by atoms with E-state index >= 15 is 0 Å². The zero-order valence-corrected chi connectivity index (χ0v) is 36.5. The van der Waals surface area contributed by atoms with E-state index in [4.69, 9.17) is 24.4 Å². The molecule has 0 fully saturated rings. The molecule has 0 spiro atoms. The minimum absolute atomic E-state index is 0.0448. The van der Waals surface area contributed by atoms with Gasteiger partial charge in [0.25, 0.3) is 0 Å². The van der Waals surface area contributed by atoms with E-state index in [1.165, 1.54) is 11.1 Å². The molecule has 0 aliphatic heterocycles. The summed E-state index contributed by atoms with van der Waals surface area (Å²) in [6.45, 7) is 8.27. The van der Waals surface area contributed by atoms with Gasteiger partial charge in [-0.15, -0.1) is 0 Å². The van der Waals surface area contributed by atoms with Crippen molar-refractivity contribution in [3.8, 4) is 67.5 Å². The number of aromatic nitrogens is 3. The summed E-state index contributed by atoms with van der Waals surface area (Å²) in [5.74, 6) is 2.59. The van der Waals surface area contributed by atoms with Gasteiger partial charge in [0.15, 0.2) is 17.5 Å². The fraction of sp³-hybridized carbons (Fsp3) is 0.0847. The Labute approximate surface area is 375 Å². The second-order valence-electron chi connectivity index (χ2n) is 15.5. The number of hydrogen-bond acceptors (Lipinski definition) is 5. The highest BCUT2D eigenvalue weighted by molar-refractivity contribution is 6.08. The van der Waals surface area contributed by atoms with Crippen molar-refractivity contribution in [1.82, 2.24) is 15.0 Å². The van der Waals surface area contributed by atoms with Crippen molar-refractivity contribution in [3.05, 3.63) is 229 Å². The Hall–Kier alpha value is -8.02. The third-order valence-corrected chi connectivity index (χ3v) is 11.4. The molecule has 0 saturated heterocycles. The molecule has 2 heterocycles. The van der Waals surface area contributed by atoms with Crippen molar-refractivity contribution < 1.29 is 4.42 Å². The standard InChI is InChI=1S/C57H42N4O.C2H6/c1-38(40-17-7-3-8-18-40)54-53(58-39(2)41-29-31-44(32-30-41)42-19-9-4-10-20-42)52-50(27-16-28-51(52)62-54)48-25-15-26-49(37-48)57-60-55(46-23-13-6-14-24-46)59-56(61-57)47-35-33-45(34-36-47)43-21-11-5-12-22-43;1-2/h3-38H,1-2H3;1-2H3. The highest BCUT2D eigenvalue weighted by Gasteiger charge is 2.24. The molecule has 0 radical (unpaired) electrons. The van der Waals surface area contributed by atoms with Crippen molar-refractivity contribution in [2.45, 2.75) is 33.6 Å². The first kappa shape index (κ1) is 41.3. The molecule has 10 rings (SSSR count). The summed E-state index contributed by atoms with van der Waals surface area (Å²) in [7, 11) is 0. The average molecular weight is 829 g/mol. The zero-order valence-electron chi connectivity index (χ0n) is 36.5. The lowest BCUT2D eigenvalue weighted by molar-refractivity contribution is 0.534. The molecule has 64 heavy (non-hydrogen) atoms. The molecule has 0 saturated carbocycles. The Kier molecular flexibility index (Phi) is 12.2. The van der Waals surface area contributed by atoms with Crippen LogP contribution in [-0.4, -0.2) is 20.7 Å². The molecular formula is C59H48N4O. The third kappa shape index (κ3) is 8.70. The van der Waals surface area contributed by atoms with Crippen molar-refractivity contribution in [2.75, 3.05) is 0 Å². The number of hydrogen-bond donors (Lipinski definition) is 0. The van der Waals surface area contributed by atoms with E-state index in [0.29, 0.717) is 17.5 Å². The highest BCUT2D eigenvalue weighted by Crippen LogP contribution is 2.45. The van der Waals surface area contributed by atoms with Gasteiger partial charge in [0.05, 0.1) is 5.39 Å².